The molecule has 4 heteroatoms. The van der Waals surface area contributed by atoms with Crippen LogP contribution in [0.5, 0.6) is 0 Å². The number of carbonyl (C=O) groups excluding carboxylic acids is 1. The number of anilines is 1. The number of aryl methyl sites for hydroxylation is 1. The topological polar surface area (TPSA) is 44.9 Å². The van der Waals surface area contributed by atoms with Gasteiger partial charge in [-0.25, -0.2) is 0 Å². The van der Waals surface area contributed by atoms with Gasteiger partial charge in [-0.1, -0.05) is 35.9 Å². The van der Waals surface area contributed by atoms with Crippen molar-refractivity contribution >= 4 is 34.1 Å². The Hall–Kier alpha value is -2.26. The highest BCUT2D eigenvalue weighted by atomic mass is 35.5. The zero-order valence-corrected chi connectivity index (χ0v) is 14.2. The molecule has 0 fully saturated rings. The maximum absolute atomic E-state index is 12.9. The fraction of sp³-hybridized carbons (Fsp3) is 0.211. The number of hydrogen-bond acceptors (Lipinski definition) is 1. The van der Waals surface area contributed by atoms with Gasteiger partial charge in [0.25, 0.3) is 0 Å². The largest absolute Gasteiger partial charge is 0.358 e. The number of aromatic amines is 1. The first-order valence-electron chi connectivity index (χ1n) is 7.54. The Morgan fingerprint density at radius 2 is 1.87 bits per heavy atom. The molecule has 1 amide bonds. The summed E-state index contributed by atoms with van der Waals surface area (Å²) in [5.74, 6) is -0.0624. The van der Waals surface area contributed by atoms with Crippen LogP contribution in [0.25, 0.3) is 10.9 Å². The highest BCUT2D eigenvalue weighted by Gasteiger charge is 2.34. The average molecular weight is 327 g/mol. The first-order valence-corrected chi connectivity index (χ1v) is 7.92. The molecule has 0 radical (unpaired) electrons. The predicted molar refractivity (Wildman–Crippen MR) is 96.1 cm³/mol. The molecule has 0 aliphatic heterocycles. The van der Waals surface area contributed by atoms with E-state index in [1.807, 2.05) is 57.2 Å². The lowest BCUT2D eigenvalue weighted by molar-refractivity contribution is -0.120. The Labute approximate surface area is 140 Å². The highest BCUT2D eigenvalue weighted by molar-refractivity contribution is 6.30. The average Bonchev–Trinajstić information content (AvgIpc) is 2.83. The fourth-order valence-electron chi connectivity index (χ4n) is 3.05. The smallest absolute Gasteiger partial charge is 0.234 e. The third-order valence-electron chi connectivity index (χ3n) is 4.17. The molecule has 0 spiro atoms. The number of para-hydroxylation sites is 1. The number of aromatic nitrogens is 1. The number of rotatable bonds is 3. The molecule has 0 atom stereocenters. The predicted octanol–water partition coefficient (Wildman–Crippen LogP) is 5.05. The van der Waals surface area contributed by atoms with Crippen LogP contribution >= 0.6 is 11.6 Å². The lowest BCUT2D eigenvalue weighted by atomic mass is 9.81. The third-order valence-corrected chi connectivity index (χ3v) is 4.40. The van der Waals surface area contributed by atoms with Gasteiger partial charge in [0.05, 0.1) is 5.41 Å². The SMILES string of the molecule is Cc1[nH]c2ccccc2c1C(C)(C)C(=O)Nc1cccc(Cl)c1. The van der Waals surface area contributed by atoms with Crippen molar-refractivity contribution in [3.63, 3.8) is 0 Å². The van der Waals surface area contributed by atoms with E-state index in [4.69, 9.17) is 11.6 Å². The first-order chi connectivity index (χ1) is 10.9. The van der Waals surface area contributed by atoms with Crippen molar-refractivity contribution in [3.05, 3.63) is 64.8 Å². The Balaban J connectivity index is 1.99. The van der Waals surface area contributed by atoms with Gasteiger partial charge in [-0.05, 0) is 50.6 Å². The molecule has 1 aromatic heterocycles. The van der Waals surface area contributed by atoms with E-state index < -0.39 is 5.41 Å². The van der Waals surface area contributed by atoms with Crippen LogP contribution in [0.4, 0.5) is 5.69 Å². The van der Waals surface area contributed by atoms with E-state index in [-0.39, 0.29) is 5.91 Å². The lowest BCUT2D eigenvalue weighted by Gasteiger charge is -2.24. The summed E-state index contributed by atoms with van der Waals surface area (Å²) in [6.45, 7) is 5.88. The molecule has 0 saturated carbocycles. The molecule has 23 heavy (non-hydrogen) atoms. The number of halogens is 1. The zero-order valence-electron chi connectivity index (χ0n) is 13.4. The molecular weight excluding hydrogens is 308 g/mol. The molecule has 3 nitrogen and oxygen atoms in total. The van der Waals surface area contributed by atoms with Crippen LogP contribution in [0.15, 0.2) is 48.5 Å². The Morgan fingerprint density at radius 1 is 1.13 bits per heavy atom. The zero-order chi connectivity index (χ0) is 16.6. The van der Waals surface area contributed by atoms with E-state index in [1.54, 1.807) is 12.1 Å². The van der Waals surface area contributed by atoms with Gasteiger partial charge < -0.3 is 10.3 Å². The second kappa shape index (κ2) is 5.74. The Morgan fingerprint density at radius 3 is 2.61 bits per heavy atom. The molecule has 3 rings (SSSR count). The second-order valence-corrected chi connectivity index (χ2v) is 6.70. The van der Waals surface area contributed by atoms with Crippen molar-refractivity contribution in [1.82, 2.24) is 4.98 Å². The van der Waals surface area contributed by atoms with Crippen LogP contribution in [0.1, 0.15) is 25.1 Å². The summed E-state index contributed by atoms with van der Waals surface area (Å²) < 4.78 is 0. The van der Waals surface area contributed by atoms with E-state index in [9.17, 15) is 4.79 Å². The van der Waals surface area contributed by atoms with E-state index in [0.29, 0.717) is 10.7 Å². The van der Waals surface area contributed by atoms with Crippen LogP contribution in [-0.4, -0.2) is 10.9 Å². The van der Waals surface area contributed by atoms with E-state index in [1.165, 1.54) is 0 Å². The maximum atomic E-state index is 12.9. The minimum Gasteiger partial charge on any atom is -0.358 e. The maximum Gasteiger partial charge on any atom is 0.234 e. The molecule has 0 unspecified atom stereocenters. The van der Waals surface area contributed by atoms with Gasteiger partial charge in [-0.3, -0.25) is 4.79 Å². The summed E-state index contributed by atoms with van der Waals surface area (Å²) in [6, 6.07) is 15.2. The minimum atomic E-state index is -0.675. The molecule has 2 N–H and O–H groups in total. The molecule has 0 bridgehead atoms. The molecule has 0 saturated heterocycles. The van der Waals surface area contributed by atoms with Crippen LogP contribution in [-0.2, 0) is 10.2 Å². The molecule has 0 aliphatic rings. The van der Waals surface area contributed by atoms with Gasteiger partial charge in [0, 0.05) is 27.3 Å². The fourth-order valence-corrected chi connectivity index (χ4v) is 3.24. The third kappa shape index (κ3) is 2.84. The summed E-state index contributed by atoms with van der Waals surface area (Å²) in [5.41, 5.74) is 3.10. The number of H-pyrrole nitrogens is 1. The highest BCUT2D eigenvalue weighted by Crippen LogP contribution is 2.34. The van der Waals surface area contributed by atoms with Crippen molar-refractivity contribution in [3.8, 4) is 0 Å². The molecule has 1 heterocycles. The van der Waals surface area contributed by atoms with E-state index in [2.05, 4.69) is 10.3 Å². The number of fused-ring (bicyclic) bond motifs is 1. The van der Waals surface area contributed by atoms with Gasteiger partial charge in [-0.15, -0.1) is 0 Å². The molecular formula is C19H19ClN2O. The van der Waals surface area contributed by atoms with Crippen LogP contribution in [0, 0.1) is 6.92 Å². The summed E-state index contributed by atoms with van der Waals surface area (Å²) in [6.07, 6.45) is 0. The van der Waals surface area contributed by atoms with Crippen LogP contribution < -0.4 is 5.32 Å². The van der Waals surface area contributed by atoms with Gasteiger partial charge in [0.15, 0.2) is 0 Å². The number of nitrogens with one attached hydrogen (secondary N) is 2. The molecule has 118 valence electrons. The summed E-state index contributed by atoms with van der Waals surface area (Å²) >= 11 is 5.99. The van der Waals surface area contributed by atoms with Gasteiger partial charge in [-0.2, -0.15) is 0 Å². The number of amides is 1. The van der Waals surface area contributed by atoms with Crippen molar-refractivity contribution in [1.29, 1.82) is 0 Å². The summed E-state index contributed by atoms with van der Waals surface area (Å²) in [5, 5.41) is 4.65. The summed E-state index contributed by atoms with van der Waals surface area (Å²) in [7, 11) is 0. The Bertz CT molecular complexity index is 880. The van der Waals surface area contributed by atoms with E-state index in [0.717, 1.165) is 22.2 Å². The van der Waals surface area contributed by atoms with Crippen molar-refractivity contribution < 1.29 is 4.79 Å². The minimum absolute atomic E-state index is 0.0624. The van der Waals surface area contributed by atoms with Crippen molar-refractivity contribution in [2.75, 3.05) is 5.32 Å². The summed E-state index contributed by atoms with van der Waals surface area (Å²) in [4.78, 5) is 16.2. The number of benzene rings is 2. The van der Waals surface area contributed by atoms with Crippen LogP contribution in [0.3, 0.4) is 0 Å². The van der Waals surface area contributed by atoms with Gasteiger partial charge >= 0.3 is 0 Å². The van der Waals surface area contributed by atoms with Crippen molar-refractivity contribution in [2.45, 2.75) is 26.2 Å². The number of hydrogen-bond donors (Lipinski definition) is 2. The second-order valence-electron chi connectivity index (χ2n) is 6.26. The lowest BCUT2D eigenvalue weighted by Crippen LogP contribution is -2.35. The van der Waals surface area contributed by atoms with E-state index >= 15 is 0 Å². The first kappa shape index (κ1) is 15.6. The standard InChI is InChI=1S/C19H19ClN2O/c1-12-17(15-9-4-5-10-16(15)21-12)19(2,3)18(23)22-14-8-6-7-13(20)11-14/h4-11,21H,1-3H3,(H,22,23). The normalized spacial score (nSPS) is 11.7. The monoisotopic (exact) mass is 326 g/mol. The van der Waals surface area contributed by atoms with Crippen molar-refractivity contribution in [2.24, 2.45) is 0 Å². The van der Waals surface area contributed by atoms with Gasteiger partial charge in [0.2, 0.25) is 5.91 Å². The molecule has 0 aliphatic carbocycles. The van der Waals surface area contributed by atoms with Gasteiger partial charge in [0.1, 0.15) is 0 Å². The number of carbonyl (C=O) groups is 1. The quantitative estimate of drug-likeness (QED) is 0.695. The molecule has 3 aromatic rings. The van der Waals surface area contributed by atoms with Crippen LogP contribution in [0.2, 0.25) is 5.02 Å². The Kier molecular flexibility index (Phi) is 3.90. The molecule has 2 aromatic carbocycles.